The molecule has 1 amide bonds. The fourth-order valence-corrected chi connectivity index (χ4v) is 3.89. The third-order valence-electron chi connectivity index (χ3n) is 4.96. The molecule has 0 aromatic carbocycles. The Labute approximate surface area is 151 Å². The van der Waals surface area contributed by atoms with E-state index in [1.54, 1.807) is 0 Å². The molecule has 4 rings (SSSR count). The summed E-state index contributed by atoms with van der Waals surface area (Å²) in [4.78, 5) is 15.6. The molecule has 25 heavy (non-hydrogen) atoms. The van der Waals surface area contributed by atoms with Crippen LogP contribution in [0.3, 0.4) is 0 Å². The van der Waals surface area contributed by atoms with Gasteiger partial charge in [0.1, 0.15) is 0 Å². The summed E-state index contributed by atoms with van der Waals surface area (Å²) in [7, 11) is 0. The number of nitrogens with zero attached hydrogens (tertiary/aromatic N) is 5. The molecule has 1 aliphatic heterocycles. The van der Waals surface area contributed by atoms with Gasteiger partial charge in [0.15, 0.2) is 5.69 Å². The first kappa shape index (κ1) is 16.7. The van der Waals surface area contributed by atoms with Gasteiger partial charge < -0.3 is 9.64 Å². The Bertz CT molecular complexity index is 767. The van der Waals surface area contributed by atoms with Crippen molar-refractivity contribution in [2.75, 3.05) is 19.8 Å². The monoisotopic (exact) mass is 361 g/mol. The number of hydrogen-bond acceptors (Lipinski definition) is 6. The standard InChI is InChI=1S/C17H23N5O2S/c1-3-22-16-13(6-18-22)7-21(17(23)15-11(2)25-20-19-15)8-14(16)10-24-9-12-4-5-12/h6,12,14H,3-5,7-10H2,1-2H3. The van der Waals surface area contributed by atoms with Crippen LogP contribution in [0.4, 0.5) is 0 Å². The highest BCUT2D eigenvalue weighted by Crippen LogP contribution is 2.32. The van der Waals surface area contributed by atoms with Crippen LogP contribution in [0.2, 0.25) is 0 Å². The summed E-state index contributed by atoms with van der Waals surface area (Å²) in [6.07, 6.45) is 4.45. The highest BCUT2D eigenvalue weighted by Gasteiger charge is 2.33. The molecule has 1 atom stereocenters. The highest BCUT2D eigenvalue weighted by atomic mass is 32.1. The molecule has 0 saturated heterocycles. The van der Waals surface area contributed by atoms with E-state index in [4.69, 9.17) is 4.74 Å². The number of carbonyl (C=O) groups excluding carboxylic acids is 1. The molecule has 7 nitrogen and oxygen atoms in total. The predicted molar refractivity (Wildman–Crippen MR) is 93.6 cm³/mol. The topological polar surface area (TPSA) is 73.1 Å². The summed E-state index contributed by atoms with van der Waals surface area (Å²) in [5, 5.41) is 8.51. The maximum Gasteiger partial charge on any atom is 0.275 e. The molecule has 8 heteroatoms. The van der Waals surface area contributed by atoms with Crippen molar-refractivity contribution in [2.24, 2.45) is 5.92 Å². The maximum atomic E-state index is 12.9. The lowest BCUT2D eigenvalue weighted by Gasteiger charge is -2.33. The van der Waals surface area contributed by atoms with Gasteiger partial charge in [0, 0.05) is 37.7 Å². The summed E-state index contributed by atoms with van der Waals surface area (Å²) in [5.74, 6) is 0.842. The molecule has 1 aliphatic carbocycles. The smallest absolute Gasteiger partial charge is 0.275 e. The van der Waals surface area contributed by atoms with Crippen molar-refractivity contribution in [3.63, 3.8) is 0 Å². The fourth-order valence-electron chi connectivity index (χ4n) is 3.43. The zero-order valence-electron chi connectivity index (χ0n) is 14.6. The van der Waals surface area contributed by atoms with E-state index in [-0.39, 0.29) is 11.8 Å². The van der Waals surface area contributed by atoms with E-state index in [1.807, 2.05) is 22.7 Å². The summed E-state index contributed by atoms with van der Waals surface area (Å²) < 4.78 is 11.9. The van der Waals surface area contributed by atoms with Crippen LogP contribution in [-0.4, -0.2) is 49.9 Å². The van der Waals surface area contributed by atoms with Gasteiger partial charge in [-0.05, 0) is 44.1 Å². The van der Waals surface area contributed by atoms with Gasteiger partial charge in [-0.3, -0.25) is 9.48 Å². The normalized spacial score (nSPS) is 19.9. The summed E-state index contributed by atoms with van der Waals surface area (Å²) >= 11 is 1.27. The van der Waals surface area contributed by atoms with E-state index >= 15 is 0 Å². The van der Waals surface area contributed by atoms with Crippen molar-refractivity contribution in [1.29, 1.82) is 0 Å². The van der Waals surface area contributed by atoms with Gasteiger partial charge >= 0.3 is 0 Å². The first-order valence-corrected chi connectivity index (χ1v) is 9.65. The molecule has 0 spiro atoms. The Morgan fingerprint density at radius 3 is 2.92 bits per heavy atom. The minimum atomic E-state index is -0.0478. The number of aromatic nitrogens is 4. The Morgan fingerprint density at radius 1 is 1.40 bits per heavy atom. The van der Waals surface area contributed by atoms with Gasteiger partial charge in [0.2, 0.25) is 0 Å². The second-order valence-electron chi connectivity index (χ2n) is 6.91. The molecule has 2 aromatic rings. The van der Waals surface area contributed by atoms with Gasteiger partial charge in [-0.25, -0.2) is 0 Å². The van der Waals surface area contributed by atoms with E-state index in [9.17, 15) is 4.79 Å². The van der Waals surface area contributed by atoms with Crippen molar-refractivity contribution in [1.82, 2.24) is 24.3 Å². The zero-order chi connectivity index (χ0) is 17.4. The average molecular weight is 361 g/mol. The number of fused-ring (bicyclic) bond motifs is 1. The van der Waals surface area contributed by atoms with E-state index in [1.165, 1.54) is 30.1 Å². The lowest BCUT2D eigenvalue weighted by molar-refractivity contribution is 0.0614. The Morgan fingerprint density at radius 2 is 2.24 bits per heavy atom. The molecule has 0 radical (unpaired) electrons. The van der Waals surface area contributed by atoms with Crippen LogP contribution in [0.15, 0.2) is 6.20 Å². The predicted octanol–water partition coefficient (Wildman–Crippen LogP) is 2.23. The van der Waals surface area contributed by atoms with Gasteiger partial charge in [0.25, 0.3) is 5.91 Å². The van der Waals surface area contributed by atoms with Crippen LogP contribution in [0, 0.1) is 12.8 Å². The Hall–Kier alpha value is -1.80. The third-order valence-corrected chi connectivity index (χ3v) is 5.59. The molecule has 2 aromatic heterocycles. The van der Waals surface area contributed by atoms with Crippen LogP contribution in [-0.2, 0) is 17.8 Å². The Kier molecular flexibility index (Phi) is 4.56. The number of rotatable bonds is 6. The SMILES string of the molecule is CCn1ncc2c1C(COCC1CC1)CN(C(=O)c1nnsc1C)C2. The largest absolute Gasteiger partial charge is 0.380 e. The lowest BCUT2D eigenvalue weighted by atomic mass is 9.96. The summed E-state index contributed by atoms with van der Waals surface area (Å²) in [6, 6.07) is 0. The van der Waals surface area contributed by atoms with Crippen LogP contribution >= 0.6 is 11.5 Å². The number of aryl methyl sites for hydroxylation is 2. The molecular formula is C17H23N5O2S. The summed E-state index contributed by atoms with van der Waals surface area (Å²) in [5.41, 5.74) is 2.80. The maximum absolute atomic E-state index is 12.9. The van der Waals surface area contributed by atoms with Crippen molar-refractivity contribution >= 4 is 17.4 Å². The molecule has 134 valence electrons. The van der Waals surface area contributed by atoms with Crippen LogP contribution in [0.5, 0.6) is 0 Å². The molecule has 0 bridgehead atoms. The molecule has 2 aliphatic rings. The molecule has 1 saturated carbocycles. The summed E-state index contributed by atoms with van der Waals surface area (Å²) in [6.45, 7) is 7.49. The van der Waals surface area contributed by atoms with Crippen LogP contribution in [0.25, 0.3) is 0 Å². The van der Waals surface area contributed by atoms with Crippen molar-refractivity contribution in [2.45, 2.75) is 45.7 Å². The van der Waals surface area contributed by atoms with Crippen LogP contribution in [0.1, 0.15) is 52.3 Å². The van der Waals surface area contributed by atoms with E-state index < -0.39 is 0 Å². The fraction of sp³-hybridized carbons (Fsp3) is 0.647. The number of ether oxygens (including phenoxy) is 1. The number of carbonyl (C=O) groups is 1. The van der Waals surface area contributed by atoms with Crippen molar-refractivity contribution in [3.05, 3.63) is 28.0 Å². The first-order chi connectivity index (χ1) is 12.2. The van der Waals surface area contributed by atoms with Crippen LogP contribution < -0.4 is 0 Å². The Balaban J connectivity index is 1.55. The minimum Gasteiger partial charge on any atom is -0.380 e. The van der Waals surface area contributed by atoms with E-state index in [2.05, 4.69) is 21.6 Å². The van der Waals surface area contributed by atoms with Crippen molar-refractivity contribution in [3.8, 4) is 0 Å². The second-order valence-corrected chi connectivity index (χ2v) is 7.87. The first-order valence-electron chi connectivity index (χ1n) is 8.88. The molecule has 0 N–H and O–H groups in total. The highest BCUT2D eigenvalue weighted by molar-refractivity contribution is 7.05. The molecule has 3 heterocycles. The number of hydrogen-bond donors (Lipinski definition) is 0. The van der Waals surface area contributed by atoms with Crippen molar-refractivity contribution < 1.29 is 9.53 Å². The molecule has 1 fully saturated rings. The van der Waals surface area contributed by atoms with Gasteiger partial charge in [-0.1, -0.05) is 4.49 Å². The minimum absolute atomic E-state index is 0.0478. The lowest BCUT2D eigenvalue weighted by Crippen LogP contribution is -2.40. The van der Waals surface area contributed by atoms with E-state index in [0.29, 0.717) is 25.4 Å². The van der Waals surface area contributed by atoms with Gasteiger partial charge in [-0.2, -0.15) is 5.10 Å². The third kappa shape index (κ3) is 3.32. The molecular weight excluding hydrogens is 338 g/mol. The van der Waals surface area contributed by atoms with E-state index in [0.717, 1.165) is 29.5 Å². The second kappa shape index (κ2) is 6.84. The van der Waals surface area contributed by atoms with Gasteiger partial charge in [-0.15, -0.1) is 5.10 Å². The molecule has 1 unspecified atom stereocenters. The number of amides is 1. The average Bonchev–Trinajstić information content (AvgIpc) is 3.18. The zero-order valence-corrected chi connectivity index (χ0v) is 15.5. The van der Waals surface area contributed by atoms with Gasteiger partial charge in [0.05, 0.1) is 23.4 Å². The quantitative estimate of drug-likeness (QED) is 0.789.